The molecule has 34 heavy (non-hydrogen) atoms. The van der Waals surface area contributed by atoms with E-state index >= 15 is 0 Å². The lowest BCUT2D eigenvalue weighted by atomic mass is 10.2. The molecule has 0 aliphatic carbocycles. The Labute approximate surface area is 213 Å². The second kappa shape index (κ2) is 11.4. The van der Waals surface area contributed by atoms with Gasteiger partial charge in [-0.1, -0.05) is 39.4 Å². The van der Waals surface area contributed by atoms with Crippen LogP contribution in [0.25, 0.3) is 10.2 Å². The fourth-order valence-corrected chi connectivity index (χ4v) is 6.14. The molecule has 3 rings (SSSR count). The first-order chi connectivity index (χ1) is 16.2. The molecule has 0 N–H and O–H groups in total. The van der Waals surface area contributed by atoms with Gasteiger partial charge in [0.1, 0.15) is 0 Å². The Hall–Kier alpha value is -2.37. The van der Waals surface area contributed by atoms with Gasteiger partial charge in [0.05, 0.1) is 15.1 Å². The average molecular weight is 564 g/mol. The van der Waals surface area contributed by atoms with E-state index in [2.05, 4.69) is 34.1 Å². The van der Waals surface area contributed by atoms with Gasteiger partial charge in [-0.15, -0.1) is 13.2 Å². The van der Waals surface area contributed by atoms with Gasteiger partial charge in [0, 0.05) is 36.2 Å². The molecule has 0 aliphatic rings. The van der Waals surface area contributed by atoms with Crippen molar-refractivity contribution in [1.29, 1.82) is 0 Å². The first kappa shape index (κ1) is 26.2. The molecule has 7 nitrogen and oxygen atoms in total. The number of hydrogen-bond donors (Lipinski definition) is 0. The first-order valence-electron chi connectivity index (χ1n) is 10.5. The fourth-order valence-electron chi connectivity index (χ4n) is 3.22. The first-order valence-corrected chi connectivity index (χ1v) is 13.6. The van der Waals surface area contributed by atoms with Crippen LogP contribution < -0.4 is 4.90 Å². The van der Waals surface area contributed by atoms with Crippen LogP contribution in [0.1, 0.15) is 10.4 Å². The van der Waals surface area contributed by atoms with Crippen LogP contribution in [0, 0.1) is 0 Å². The van der Waals surface area contributed by atoms with E-state index in [1.165, 1.54) is 39.9 Å². The van der Waals surface area contributed by atoms with E-state index < -0.39 is 10.0 Å². The monoisotopic (exact) mass is 562 g/mol. The van der Waals surface area contributed by atoms with Crippen LogP contribution in [0.2, 0.25) is 0 Å². The van der Waals surface area contributed by atoms with Crippen LogP contribution in [-0.2, 0) is 10.0 Å². The topological polar surface area (TPSA) is 73.8 Å². The number of carbonyl (C=O) groups is 1. The minimum atomic E-state index is -3.74. The molecule has 0 saturated heterocycles. The third-order valence-corrected chi connectivity index (χ3v) is 8.37. The third-order valence-electron chi connectivity index (χ3n) is 4.99. The summed E-state index contributed by atoms with van der Waals surface area (Å²) in [7, 11) is 0.142. The van der Waals surface area contributed by atoms with Gasteiger partial charge in [0.15, 0.2) is 5.13 Å². The second-order valence-electron chi connectivity index (χ2n) is 7.79. The number of hydrogen-bond acceptors (Lipinski definition) is 6. The number of thiazole rings is 1. The molecule has 0 saturated carbocycles. The van der Waals surface area contributed by atoms with E-state index in [0.29, 0.717) is 23.8 Å². The van der Waals surface area contributed by atoms with Crippen molar-refractivity contribution in [3.8, 4) is 0 Å². The van der Waals surface area contributed by atoms with E-state index in [-0.39, 0.29) is 23.9 Å². The normalized spacial score (nSPS) is 11.8. The number of sulfonamides is 1. The van der Waals surface area contributed by atoms with Crippen LogP contribution in [0.15, 0.2) is 77.1 Å². The number of amides is 1. The lowest BCUT2D eigenvalue weighted by molar-refractivity contribution is 0.0985. The molecule has 1 aromatic heterocycles. The summed E-state index contributed by atoms with van der Waals surface area (Å²) in [5, 5.41) is 0.597. The van der Waals surface area contributed by atoms with E-state index in [9.17, 15) is 13.2 Å². The third kappa shape index (κ3) is 6.00. The quantitative estimate of drug-likeness (QED) is 0.318. The second-order valence-corrected chi connectivity index (χ2v) is 11.7. The molecule has 180 valence electrons. The molecule has 0 spiro atoms. The summed E-state index contributed by atoms with van der Waals surface area (Å²) in [4.78, 5) is 21.9. The summed E-state index contributed by atoms with van der Waals surface area (Å²) in [6.45, 7) is 8.68. The van der Waals surface area contributed by atoms with Crippen molar-refractivity contribution >= 4 is 58.5 Å². The van der Waals surface area contributed by atoms with Gasteiger partial charge in [-0.2, -0.15) is 4.31 Å². The highest BCUT2D eigenvalue weighted by atomic mass is 79.9. The number of fused-ring (bicyclic) bond motifs is 1. The van der Waals surface area contributed by atoms with Crippen molar-refractivity contribution in [2.45, 2.75) is 4.90 Å². The van der Waals surface area contributed by atoms with Gasteiger partial charge >= 0.3 is 0 Å². The zero-order chi connectivity index (χ0) is 24.9. The number of halogens is 1. The molecule has 0 aliphatic heterocycles. The van der Waals surface area contributed by atoms with Crippen LogP contribution in [0.4, 0.5) is 5.13 Å². The average Bonchev–Trinajstić information content (AvgIpc) is 3.21. The summed E-state index contributed by atoms with van der Waals surface area (Å²) < 4.78 is 29.1. The largest absolute Gasteiger partial charge is 0.308 e. The summed E-state index contributed by atoms with van der Waals surface area (Å²) in [5.41, 5.74) is 1.20. The fraction of sp³-hybridized carbons (Fsp3) is 0.250. The lowest BCUT2D eigenvalue weighted by Gasteiger charge is -2.22. The Balaban J connectivity index is 1.93. The Morgan fingerprint density at radius 1 is 1.06 bits per heavy atom. The minimum absolute atomic E-state index is 0.109. The number of carbonyl (C=O) groups excluding carboxylic acids is 1. The number of benzene rings is 2. The van der Waals surface area contributed by atoms with Crippen LogP contribution >= 0.6 is 27.3 Å². The summed E-state index contributed by atoms with van der Waals surface area (Å²) in [6.07, 6.45) is 3.05. The van der Waals surface area contributed by atoms with E-state index in [1.54, 1.807) is 17.0 Å². The molecule has 0 atom stereocenters. The zero-order valence-electron chi connectivity index (χ0n) is 19.1. The molecule has 0 unspecified atom stereocenters. The minimum Gasteiger partial charge on any atom is -0.308 e. The summed E-state index contributed by atoms with van der Waals surface area (Å²) >= 11 is 4.92. The van der Waals surface area contributed by atoms with E-state index in [0.717, 1.165) is 14.7 Å². The van der Waals surface area contributed by atoms with E-state index in [4.69, 9.17) is 0 Å². The van der Waals surface area contributed by atoms with Crippen molar-refractivity contribution in [2.24, 2.45) is 0 Å². The maximum Gasteiger partial charge on any atom is 0.260 e. The van der Waals surface area contributed by atoms with Crippen LogP contribution in [0.3, 0.4) is 0 Å². The smallest absolute Gasteiger partial charge is 0.260 e. The molecule has 0 radical (unpaired) electrons. The number of anilines is 1. The van der Waals surface area contributed by atoms with Crippen LogP contribution in [-0.4, -0.2) is 68.8 Å². The Morgan fingerprint density at radius 2 is 1.71 bits per heavy atom. The van der Waals surface area contributed by atoms with Crippen molar-refractivity contribution in [2.75, 3.05) is 45.2 Å². The maximum atomic E-state index is 13.5. The Kier molecular flexibility index (Phi) is 8.78. The number of rotatable bonds is 11. The van der Waals surface area contributed by atoms with Gasteiger partial charge in [-0.3, -0.25) is 9.69 Å². The molecule has 3 aromatic rings. The highest BCUT2D eigenvalue weighted by molar-refractivity contribution is 9.10. The van der Waals surface area contributed by atoms with E-state index in [1.807, 2.05) is 37.2 Å². The van der Waals surface area contributed by atoms with Gasteiger partial charge in [-0.25, -0.2) is 13.4 Å². The number of aromatic nitrogens is 1. The standard InChI is InChI=1S/C24H27BrN4O3S2/c1-5-13-28(14-6-2)34(31,32)20-10-7-18(8-11-20)23(30)29(16-15-27(3)4)24-26-21-12-9-19(25)17-22(21)33-24/h5-12,17H,1-2,13-16H2,3-4H3. The molecule has 1 amide bonds. The predicted molar refractivity (Wildman–Crippen MR) is 143 cm³/mol. The molecular weight excluding hydrogens is 536 g/mol. The van der Waals surface area contributed by atoms with Crippen molar-refractivity contribution < 1.29 is 13.2 Å². The van der Waals surface area contributed by atoms with Gasteiger partial charge in [0.25, 0.3) is 5.91 Å². The molecule has 0 bridgehead atoms. The molecule has 1 heterocycles. The van der Waals surface area contributed by atoms with Crippen molar-refractivity contribution in [1.82, 2.24) is 14.2 Å². The summed E-state index contributed by atoms with van der Waals surface area (Å²) in [6, 6.07) is 11.8. The number of likely N-dealkylation sites (N-methyl/N-ethyl adjacent to an activating group) is 1. The molecule has 2 aromatic carbocycles. The van der Waals surface area contributed by atoms with Crippen LogP contribution in [0.5, 0.6) is 0 Å². The van der Waals surface area contributed by atoms with Gasteiger partial charge in [-0.05, 0) is 56.6 Å². The Morgan fingerprint density at radius 3 is 2.29 bits per heavy atom. The zero-order valence-corrected chi connectivity index (χ0v) is 22.4. The molecule has 0 fully saturated rings. The predicted octanol–water partition coefficient (Wildman–Crippen LogP) is 4.63. The number of nitrogens with zero attached hydrogens (tertiary/aromatic N) is 4. The van der Waals surface area contributed by atoms with Gasteiger partial charge < -0.3 is 4.90 Å². The Bertz CT molecular complexity index is 1280. The highest BCUT2D eigenvalue weighted by Crippen LogP contribution is 2.31. The lowest BCUT2D eigenvalue weighted by Crippen LogP contribution is -2.36. The van der Waals surface area contributed by atoms with Crippen molar-refractivity contribution in [3.05, 3.63) is 77.8 Å². The summed E-state index contributed by atoms with van der Waals surface area (Å²) in [5.74, 6) is -0.238. The SMILES string of the molecule is C=CCN(CC=C)S(=O)(=O)c1ccc(C(=O)N(CCN(C)C)c2nc3ccc(Br)cc3s2)cc1. The van der Waals surface area contributed by atoms with Gasteiger partial charge in [0.2, 0.25) is 10.0 Å². The highest BCUT2D eigenvalue weighted by Gasteiger charge is 2.25. The molecular formula is C24H27BrN4O3S2. The molecule has 10 heteroatoms. The maximum absolute atomic E-state index is 13.5. The van der Waals surface area contributed by atoms with Crippen molar-refractivity contribution in [3.63, 3.8) is 0 Å².